The summed E-state index contributed by atoms with van der Waals surface area (Å²) in [5.41, 5.74) is 6.90. The summed E-state index contributed by atoms with van der Waals surface area (Å²) in [5, 5.41) is 20.7. The van der Waals surface area contributed by atoms with Crippen molar-refractivity contribution in [2.24, 2.45) is 0 Å². The molecule has 6 N–H and O–H groups in total. The van der Waals surface area contributed by atoms with Gasteiger partial charge >= 0.3 is 0 Å². The maximum Gasteiger partial charge on any atom is 0.124 e. The van der Waals surface area contributed by atoms with Gasteiger partial charge in [0.2, 0.25) is 0 Å². The molecule has 0 rings (SSSR count). The number of carboxylic acids is 2. The molecule has 0 unspecified atom stereocenters. The highest BCUT2D eigenvalue weighted by molar-refractivity contribution is 5.69. The Balaban J connectivity index is 3.34. The maximum atomic E-state index is 10.3. The minimum Gasteiger partial charge on any atom is -0.544 e. The normalized spacial score (nSPS) is 14.4. The molecule has 0 bridgehead atoms. The smallest absolute Gasteiger partial charge is 0.124 e. The van der Waals surface area contributed by atoms with E-state index < -0.39 is 24.0 Å². The van der Waals surface area contributed by atoms with Gasteiger partial charge in [-0.3, -0.25) is 0 Å². The van der Waals surface area contributed by atoms with Crippen LogP contribution in [-0.2, 0) is 9.59 Å². The van der Waals surface area contributed by atoms with Crippen molar-refractivity contribution in [3.05, 3.63) is 0 Å². The third kappa shape index (κ3) is 7.19. The Bertz CT molecular complexity index is 209. The van der Waals surface area contributed by atoms with E-state index in [2.05, 4.69) is 11.5 Å². The lowest BCUT2D eigenvalue weighted by Crippen LogP contribution is -2.68. The van der Waals surface area contributed by atoms with Crippen molar-refractivity contribution >= 4 is 11.9 Å². The molecule has 0 aliphatic rings. The van der Waals surface area contributed by atoms with Crippen molar-refractivity contribution in [3.8, 4) is 0 Å². The molecule has 0 spiro atoms. The number of aliphatic carboxylic acids is 2. The van der Waals surface area contributed by atoms with Crippen molar-refractivity contribution in [2.75, 3.05) is 0 Å². The summed E-state index contributed by atoms with van der Waals surface area (Å²) >= 11 is 0. The largest absolute Gasteiger partial charge is 0.544 e. The first-order chi connectivity index (χ1) is 7.45. The average molecular weight is 232 g/mol. The number of quaternary nitrogens is 2. The van der Waals surface area contributed by atoms with Crippen LogP contribution in [0.15, 0.2) is 0 Å². The second-order valence-electron chi connectivity index (χ2n) is 4.02. The SMILES string of the molecule is [NH3+][C@H](CCCCCC[C@@H]([NH3+])C(=O)[O-])C(=O)[O-]. The number of carbonyl (C=O) groups is 2. The van der Waals surface area contributed by atoms with Gasteiger partial charge in [-0.05, 0) is 12.8 Å². The van der Waals surface area contributed by atoms with Crippen LogP contribution in [0.3, 0.4) is 0 Å². The third-order valence-corrected chi connectivity index (χ3v) is 2.52. The lowest BCUT2D eigenvalue weighted by Gasteiger charge is -2.10. The van der Waals surface area contributed by atoms with Crippen LogP contribution in [0.5, 0.6) is 0 Å². The van der Waals surface area contributed by atoms with Gasteiger partial charge in [0.15, 0.2) is 0 Å². The van der Waals surface area contributed by atoms with Crippen LogP contribution in [0.4, 0.5) is 0 Å². The molecule has 6 nitrogen and oxygen atoms in total. The van der Waals surface area contributed by atoms with Gasteiger partial charge in [0, 0.05) is 12.8 Å². The first kappa shape index (κ1) is 14.9. The molecule has 0 saturated carbocycles. The molecule has 2 atom stereocenters. The summed E-state index contributed by atoms with van der Waals surface area (Å²) < 4.78 is 0. The molecule has 0 amide bonds. The molecule has 0 aromatic carbocycles. The van der Waals surface area contributed by atoms with Crippen molar-refractivity contribution in [1.82, 2.24) is 0 Å². The van der Waals surface area contributed by atoms with Gasteiger partial charge < -0.3 is 31.3 Å². The van der Waals surface area contributed by atoms with E-state index in [1.807, 2.05) is 0 Å². The minimum absolute atomic E-state index is 0.511. The standard InChI is InChI=1S/C10H20N2O4/c11-7(9(13)14)5-3-1-2-4-6-8(12)10(15)16/h7-8H,1-6,11-12H2,(H,13,14)(H,15,16)/t7-,8-/m1/s1. The average Bonchev–Trinajstić information content (AvgIpc) is 2.21. The lowest BCUT2D eigenvalue weighted by molar-refractivity contribution is -0.439. The Morgan fingerprint density at radius 2 is 1.12 bits per heavy atom. The highest BCUT2D eigenvalue weighted by Gasteiger charge is 2.08. The maximum absolute atomic E-state index is 10.3. The topological polar surface area (TPSA) is 136 Å². The lowest BCUT2D eigenvalue weighted by atomic mass is 10.0. The molecule has 0 radical (unpaired) electrons. The first-order valence-corrected chi connectivity index (χ1v) is 5.53. The van der Waals surface area contributed by atoms with Crippen LogP contribution >= 0.6 is 0 Å². The minimum atomic E-state index is -1.12. The molecule has 6 heteroatoms. The van der Waals surface area contributed by atoms with Gasteiger partial charge in [-0.25, -0.2) is 0 Å². The second kappa shape index (κ2) is 8.06. The Morgan fingerprint density at radius 3 is 1.38 bits per heavy atom. The highest BCUT2D eigenvalue weighted by atomic mass is 16.4. The van der Waals surface area contributed by atoms with Crippen molar-refractivity contribution in [3.63, 3.8) is 0 Å². The quantitative estimate of drug-likeness (QED) is 0.392. The predicted molar refractivity (Wildman–Crippen MR) is 51.1 cm³/mol. The summed E-state index contributed by atoms with van der Waals surface area (Å²) in [4.78, 5) is 20.7. The Kier molecular flexibility index (Phi) is 7.49. The molecule has 16 heavy (non-hydrogen) atoms. The summed E-state index contributed by atoms with van der Waals surface area (Å²) in [6, 6.07) is -1.30. The van der Waals surface area contributed by atoms with Crippen LogP contribution in [-0.4, -0.2) is 24.0 Å². The molecule has 0 fully saturated rings. The zero-order valence-electron chi connectivity index (χ0n) is 9.44. The van der Waals surface area contributed by atoms with E-state index in [1.165, 1.54) is 0 Å². The van der Waals surface area contributed by atoms with E-state index in [-0.39, 0.29) is 0 Å². The van der Waals surface area contributed by atoms with E-state index in [0.29, 0.717) is 12.8 Å². The van der Waals surface area contributed by atoms with Gasteiger partial charge in [-0.1, -0.05) is 12.8 Å². The van der Waals surface area contributed by atoms with Crippen LogP contribution in [0.2, 0.25) is 0 Å². The van der Waals surface area contributed by atoms with Gasteiger partial charge in [-0.15, -0.1) is 0 Å². The zero-order valence-corrected chi connectivity index (χ0v) is 9.44. The van der Waals surface area contributed by atoms with Gasteiger partial charge in [0.25, 0.3) is 0 Å². The molecule has 0 aromatic rings. The number of hydrogen-bond donors (Lipinski definition) is 2. The fourth-order valence-electron chi connectivity index (χ4n) is 1.37. The molecule has 0 aliphatic carbocycles. The number of hydrogen-bond acceptors (Lipinski definition) is 4. The number of rotatable bonds is 9. The number of carbonyl (C=O) groups excluding carboxylic acids is 2. The monoisotopic (exact) mass is 232 g/mol. The zero-order chi connectivity index (χ0) is 12.6. The Morgan fingerprint density at radius 1 is 0.812 bits per heavy atom. The highest BCUT2D eigenvalue weighted by Crippen LogP contribution is 2.06. The number of unbranched alkanes of at least 4 members (excludes halogenated alkanes) is 3. The third-order valence-electron chi connectivity index (χ3n) is 2.52. The van der Waals surface area contributed by atoms with Crippen LogP contribution in [0, 0.1) is 0 Å². The second-order valence-corrected chi connectivity index (χ2v) is 4.02. The van der Waals surface area contributed by atoms with Gasteiger partial charge in [0.1, 0.15) is 12.1 Å². The van der Waals surface area contributed by atoms with Crippen molar-refractivity contribution in [2.45, 2.75) is 50.6 Å². The molecule has 0 aromatic heterocycles. The Labute approximate surface area is 94.6 Å². The summed E-state index contributed by atoms with van der Waals surface area (Å²) in [5.74, 6) is -2.23. The fraction of sp³-hybridized carbons (Fsp3) is 0.800. The molecule has 0 heterocycles. The van der Waals surface area contributed by atoms with E-state index >= 15 is 0 Å². The van der Waals surface area contributed by atoms with Gasteiger partial charge in [0.05, 0.1) is 11.9 Å². The van der Waals surface area contributed by atoms with Crippen molar-refractivity contribution < 1.29 is 31.3 Å². The van der Waals surface area contributed by atoms with E-state index in [0.717, 1.165) is 25.7 Å². The first-order valence-electron chi connectivity index (χ1n) is 5.53. The summed E-state index contributed by atoms with van der Waals surface area (Å²) in [7, 11) is 0. The number of carboxylic acid groups (broad SMARTS) is 2. The molecular weight excluding hydrogens is 212 g/mol. The van der Waals surface area contributed by atoms with E-state index in [1.54, 1.807) is 0 Å². The van der Waals surface area contributed by atoms with Crippen molar-refractivity contribution in [1.29, 1.82) is 0 Å². The molecular formula is C10H20N2O4. The fourth-order valence-corrected chi connectivity index (χ4v) is 1.37. The van der Waals surface area contributed by atoms with Crippen LogP contribution in [0.1, 0.15) is 38.5 Å². The predicted octanol–water partition coefficient (Wildman–Crippen LogP) is -3.95. The van der Waals surface area contributed by atoms with Gasteiger partial charge in [-0.2, -0.15) is 0 Å². The summed E-state index contributed by atoms with van der Waals surface area (Å²) in [6.45, 7) is 0. The van der Waals surface area contributed by atoms with Crippen LogP contribution in [0.25, 0.3) is 0 Å². The van der Waals surface area contributed by atoms with Crippen LogP contribution < -0.4 is 21.7 Å². The Hall–Kier alpha value is -1.14. The molecule has 94 valence electrons. The van der Waals surface area contributed by atoms with E-state index in [9.17, 15) is 19.8 Å². The van der Waals surface area contributed by atoms with E-state index in [4.69, 9.17) is 0 Å². The summed E-state index contributed by atoms with van der Waals surface area (Å²) in [6.07, 6.45) is 4.32. The molecule has 0 aliphatic heterocycles. The molecule has 0 saturated heterocycles.